The highest BCUT2D eigenvalue weighted by atomic mass is 16.6. The van der Waals surface area contributed by atoms with E-state index >= 15 is 0 Å². The Hall–Kier alpha value is -4.00. The van der Waals surface area contributed by atoms with Gasteiger partial charge >= 0.3 is 5.97 Å². The monoisotopic (exact) mass is 401 g/mol. The van der Waals surface area contributed by atoms with Crippen LogP contribution in [0.2, 0.25) is 0 Å². The average Bonchev–Trinajstić information content (AvgIpc) is 2.74. The second-order valence-electron chi connectivity index (χ2n) is 7.18. The predicted octanol–water partition coefficient (Wildman–Crippen LogP) is 3.44. The first kappa shape index (κ1) is 19.3. The third-order valence-electron chi connectivity index (χ3n) is 4.88. The highest BCUT2D eigenvalue weighted by Gasteiger charge is 2.42. The summed E-state index contributed by atoms with van der Waals surface area (Å²) in [7, 11) is 0. The summed E-state index contributed by atoms with van der Waals surface area (Å²) in [6, 6.07) is 17.0. The van der Waals surface area contributed by atoms with Crippen molar-refractivity contribution in [1.82, 2.24) is 4.98 Å². The first-order valence-corrected chi connectivity index (χ1v) is 9.39. The van der Waals surface area contributed by atoms with Gasteiger partial charge in [-0.1, -0.05) is 24.3 Å². The van der Waals surface area contributed by atoms with Crippen LogP contribution in [-0.4, -0.2) is 28.4 Å². The van der Waals surface area contributed by atoms with Gasteiger partial charge in [0.05, 0.1) is 5.56 Å². The molecule has 7 heteroatoms. The minimum atomic E-state index is -1.35. The van der Waals surface area contributed by atoms with E-state index in [0.29, 0.717) is 22.5 Å². The summed E-state index contributed by atoms with van der Waals surface area (Å²) in [5.41, 5.74) is 1.30. The standard InChI is InChI=1S/C23H19N3O4/c1-23(14-16-5-2-3-8-19(16)21(28)30-23)22(29)26-18-7-4-6-15(13-18)20(27)25-17-9-11-24-12-10-17/h2-13H,14H2,1H3,(H,26,29)(H,24,25,27). The Balaban J connectivity index is 1.49. The molecule has 1 atom stereocenters. The number of amides is 2. The number of esters is 1. The number of ether oxygens (including phenoxy) is 1. The van der Waals surface area contributed by atoms with Crippen LogP contribution in [-0.2, 0) is 16.0 Å². The summed E-state index contributed by atoms with van der Waals surface area (Å²) in [6.07, 6.45) is 3.43. The summed E-state index contributed by atoms with van der Waals surface area (Å²) in [4.78, 5) is 41.6. The van der Waals surface area contributed by atoms with E-state index < -0.39 is 17.5 Å². The highest BCUT2D eigenvalue weighted by Crippen LogP contribution is 2.29. The van der Waals surface area contributed by atoms with E-state index in [1.807, 2.05) is 12.1 Å². The van der Waals surface area contributed by atoms with Crippen molar-refractivity contribution < 1.29 is 19.1 Å². The molecular formula is C23H19N3O4. The van der Waals surface area contributed by atoms with Gasteiger partial charge in [0.25, 0.3) is 11.8 Å². The van der Waals surface area contributed by atoms with E-state index in [9.17, 15) is 14.4 Å². The number of pyridine rings is 1. The van der Waals surface area contributed by atoms with Crippen molar-refractivity contribution in [2.24, 2.45) is 0 Å². The zero-order chi connectivity index (χ0) is 21.1. The van der Waals surface area contributed by atoms with E-state index in [1.165, 1.54) is 0 Å². The van der Waals surface area contributed by atoms with Crippen LogP contribution < -0.4 is 10.6 Å². The fourth-order valence-corrected chi connectivity index (χ4v) is 3.30. The second-order valence-corrected chi connectivity index (χ2v) is 7.18. The number of aromatic nitrogens is 1. The molecule has 7 nitrogen and oxygen atoms in total. The zero-order valence-corrected chi connectivity index (χ0v) is 16.2. The maximum Gasteiger partial charge on any atom is 0.339 e. The molecule has 150 valence electrons. The molecule has 4 rings (SSSR count). The largest absolute Gasteiger partial charge is 0.445 e. The molecule has 1 unspecified atom stereocenters. The molecule has 0 fully saturated rings. The van der Waals surface area contributed by atoms with Gasteiger partial charge in [0, 0.05) is 35.8 Å². The van der Waals surface area contributed by atoms with Crippen LogP contribution in [0.4, 0.5) is 11.4 Å². The van der Waals surface area contributed by atoms with Gasteiger partial charge in [0.15, 0.2) is 5.60 Å². The Bertz CT molecular complexity index is 1130. The number of benzene rings is 2. The fraction of sp³-hybridized carbons (Fsp3) is 0.130. The molecule has 0 bridgehead atoms. The van der Waals surface area contributed by atoms with Crippen molar-refractivity contribution in [2.75, 3.05) is 10.6 Å². The molecule has 1 aromatic heterocycles. The Morgan fingerprint density at radius 2 is 1.73 bits per heavy atom. The highest BCUT2D eigenvalue weighted by molar-refractivity contribution is 6.06. The number of carbonyl (C=O) groups is 3. The lowest BCUT2D eigenvalue weighted by Gasteiger charge is -2.33. The molecule has 3 aromatic rings. The van der Waals surface area contributed by atoms with Crippen molar-refractivity contribution in [3.05, 3.63) is 89.7 Å². The molecule has 0 saturated heterocycles. The summed E-state index contributed by atoms with van der Waals surface area (Å²) in [5.74, 6) is -1.31. The maximum absolute atomic E-state index is 12.9. The van der Waals surface area contributed by atoms with E-state index in [4.69, 9.17) is 4.74 Å². The molecule has 2 N–H and O–H groups in total. The number of hydrogen-bond acceptors (Lipinski definition) is 5. The Morgan fingerprint density at radius 3 is 2.53 bits per heavy atom. The van der Waals surface area contributed by atoms with E-state index in [1.54, 1.807) is 67.8 Å². The number of carbonyl (C=O) groups excluding carboxylic acids is 3. The van der Waals surface area contributed by atoms with Crippen LogP contribution in [0, 0.1) is 0 Å². The Kier molecular flexibility index (Phi) is 5.02. The minimum absolute atomic E-state index is 0.267. The van der Waals surface area contributed by atoms with Crippen molar-refractivity contribution >= 4 is 29.2 Å². The van der Waals surface area contributed by atoms with E-state index in [2.05, 4.69) is 15.6 Å². The third-order valence-corrected chi connectivity index (χ3v) is 4.88. The average molecular weight is 401 g/mol. The minimum Gasteiger partial charge on any atom is -0.445 e. The Morgan fingerprint density at radius 1 is 0.967 bits per heavy atom. The number of anilines is 2. The molecule has 2 aromatic carbocycles. The van der Waals surface area contributed by atoms with Crippen LogP contribution in [0.5, 0.6) is 0 Å². The van der Waals surface area contributed by atoms with Gasteiger partial charge < -0.3 is 15.4 Å². The lowest BCUT2D eigenvalue weighted by Crippen LogP contribution is -2.48. The van der Waals surface area contributed by atoms with Gasteiger partial charge in [-0.2, -0.15) is 0 Å². The predicted molar refractivity (Wildman–Crippen MR) is 111 cm³/mol. The van der Waals surface area contributed by atoms with Gasteiger partial charge in [-0.3, -0.25) is 14.6 Å². The first-order chi connectivity index (χ1) is 14.4. The number of hydrogen-bond donors (Lipinski definition) is 2. The van der Waals surface area contributed by atoms with Gasteiger partial charge in [-0.15, -0.1) is 0 Å². The molecule has 2 amide bonds. The van der Waals surface area contributed by atoms with Crippen LogP contribution in [0.3, 0.4) is 0 Å². The van der Waals surface area contributed by atoms with Crippen LogP contribution in [0.1, 0.15) is 33.2 Å². The molecule has 0 radical (unpaired) electrons. The molecule has 30 heavy (non-hydrogen) atoms. The summed E-state index contributed by atoms with van der Waals surface area (Å²) < 4.78 is 5.45. The normalized spacial score (nSPS) is 17.4. The lowest BCUT2D eigenvalue weighted by atomic mass is 9.89. The van der Waals surface area contributed by atoms with Crippen molar-refractivity contribution in [1.29, 1.82) is 0 Å². The van der Waals surface area contributed by atoms with Gasteiger partial charge in [-0.05, 0) is 48.9 Å². The first-order valence-electron chi connectivity index (χ1n) is 9.39. The van der Waals surface area contributed by atoms with Gasteiger partial charge in [-0.25, -0.2) is 4.79 Å². The fourth-order valence-electron chi connectivity index (χ4n) is 3.30. The van der Waals surface area contributed by atoms with Crippen LogP contribution in [0.15, 0.2) is 73.1 Å². The number of rotatable bonds is 4. The SMILES string of the molecule is CC1(C(=O)Nc2cccc(C(=O)Nc3ccncc3)c2)Cc2ccccc2C(=O)O1. The molecular weight excluding hydrogens is 382 g/mol. The number of nitrogens with zero attached hydrogens (tertiary/aromatic N) is 1. The second kappa shape index (κ2) is 7.79. The van der Waals surface area contributed by atoms with Crippen molar-refractivity contribution in [3.8, 4) is 0 Å². The molecule has 0 saturated carbocycles. The quantitative estimate of drug-likeness (QED) is 0.653. The summed E-state index contributed by atoms with van der Waals surface area (Å²) in [6.45, 7) is 1.58. The lowest BCUT2D eigenvalue weighted by molar-refractivity contribution is -0.134. The third kappa shape index (κ3) is 3.91. The smallest absolute Gasteiger partial charge is 0.339 e. The zero-order valence-electron chi connectivity index (χ0n) is 16.2. The van der Waals surface area contributed by atoms with Crippen molar-refractivity contribution in [2.45, 2.75) is 18.9 Å². The van der Waals surface area contributed by atoms with Gasteiger partial charge in [0.1, 0.15) is 0 Å². The molecule has 2 heterocycles. The molecule has 0 spiro atoms. The topological polar surface area (TPSA) is 97.4 Å². The van der Waals surface area contributed by atoms with Crippen molar-refractivity contribution in [3.63, 3.8) is 0 Å². The summed E-state index contributed by atoms with van der Waals surface area (Å²) >= 11 is 0. The molecule has 0 aliphatic carbocycles. The van der Waals surface area contributed by atoms with E-state index in [0.717, 1.165) is 5.56 Å². The van der Waals surface area contributed by atoms with Gasteiger partial charge in [0.2, 0.25) is 0 Å². The summed E-state index contributed by atoms with van der Waals surface area (Å²) in [5, 5.41) is 5.52. The number of cyclic esters (lactones) is 1. The maximum atomic E-state index is 12.9. The van der Waals surface area contributed by atoms with Crippen LogP contribution >= 0.6 is 0 Å². The Labute approximate surface area is 173 Å². The van der Waals surface area contributed by atoms with E-state index in [-0.39, 0.29) is 12.3 Å². The molecule has 1 aliphatic heterocycles. The van der Waals surface area contributed by atoms with Crippen LogP contribution in [0.25, 0.3) is 0 Å². The number of fused-ring (bicyclic) bond motifs is 1. The number of nitrogens with one attached hydrogen (secondary N) is 2. The molecule has 1 aliphatic rings.